The van der Waals surface area contributed by atoms with Gasteiger partial charge in [-0.25, -0.2) is 9.18 Å². The van der Waals surface area contributed by atoms with E-state index in [0.29, 0.717) is 11.1 Å². The maximum Gasteiger partial charge on any atom is 0.407 e. The van der Waals surface area contributed by atoms with E-state index < -0.39 is 29.7 Å². The minimum atomic E-state index is -1.21. The van der Waals surface area contributed by atoms with Crippen LogP contribution in [0.5, 0.6) is 0 Å². The SMILES string of the molecule is Cc1c(F)cccc1C(O)C(O)CCNC(=O)OC(C)(C)C. The Morgan fingerprint density at radius 2 is 2.00 bits per heavy atom. The first kappa shape index (κ1) is 18.4. The molecule has 124 valence electrons. The lowest BCUT2D eigenvalue weighted by Crippen LogP contribution is -2.34. The van der Waals surface area contributed by atoms with Gasteiger partial charge in [-0.2, -0.15) is 0 Å². The van der Waals surface area contributed by atoms with Gasteiger partial charge in [0.15, 0.2) is 0 Å². The van der Waals surface area contributed by atoms with E-state index in [1.165, 1.54) is 12.1 Å². The molecule has 6 heteroatoms. The summed E-state index contributed by atoms with van der Waals surface area (Å²) in [5.41, 5.74) is 0.0415. The van der Waals surface area contributed by atoms with Gasteiger partial charge in [-0.1, -0.05) is 12.1 Å². The molecule has 0 aliphatic heterocycles. The number of halogens is 1. The molecule has 0 radical (unpaired) electrons. The Hall–Kier alpha value is -1.66. The summed E-state index contributed by atoms with van der Waals surface area (Å²) in [5, 5.41) is 22.5. The van der Waals surface area contributed by atoms with Crippen LogP contribution in [-0.2, 0) is 4.74 Å². The largest absolute Gasteiger partial charge is 0.444 e. The zero-order chi connectivity index (χ0) is 16.9. The van der Waals surface area contributed by atoms with Gasteiger partial charge in [-0.3, -0.25) is 0 Å². The average Bonchev–Trinajstić information content (AvgIpc) is 2.39. The molecular formula is C16H24FNO4. The number of hydrogen-bond acceptors (Lipinski definition) is 4. The van der Waals surface area contributed by atoms with Crippen molar-refractivity contribution < 1.29 is 24.1 Å². The van der Waals surface area contributed by atoms with Gasteiger partial charge in [0.05, 0.1) is 6.10 Å². The molecule has 0 heterocycles. The Labute approximate surface area is 130 Å². The predicted molar refractivity (Wildman–Crippen MR) is 81.0 cm³/mol. The second-order valence-corrected chi connectivity index (χ2v) is 6.18. The third-order valence-electron chi connectivity index (χ3n) is 3.10. The summed E-state index contributed by atoms with van der Waals surface area (Å²) in [6.07, 6.45) is -2.79. The fourth-order valence-corrected chi connectivity index (χ4v) is 1.95. The van der Waals surface area contributed by atoms with Gasteiger partial charge in [0, 0.05) is 6.54 Å². The molecule has 0 spiro atoms. The Morgan fingerprint density at radius 1 is 1.36 bits per heavy atom. The number of hydrogen-bond donors (Lipinski definition) is 3. The summed E-state index contributed by atoms with van der Waals surface area (Å²) < 4.78 is 18.5. The van der Waals surface area contributed by atoms with E-state index in [1.807, 2.05) is 0 Å². The first-order valence-electron chi connectivity index (χ1n) is 7.20. The quantitative estimate of drug-likeness (QED) is 0.780. The normalized spacial score (nSPS) is 14.3. The molecule has 0 bridgehead atoms. The van der Waals surface area contributed by atoms with Crippen molar-refractivity contribution in [2.24, 2.45) is 0 Å². The van der Waals surface area contributed by atoms with Crippen LogP contribution in [0.2, 0.25) is 0 Å². The number of ether oxygens (including phenoxy) is 1. The van der Waals surface area contributed by atoms with Crippen molar-refractivity contribution in [3.05, 3.63) is 35.1 Å². The molecule has 1 rings (SSSR count). The van der Waals surface area contributed by atoms with Gasteiger partial charge in [0.2, 0.25) is 0 Å². The van der Waals surface area contributed by atoms with Crippen LogP contribution in [0.1, 0.15) is 44.4 Å². The van der Waals surface area contributed by atoms with Gasteiger partial charge < -0.3 is 20.3 Å². The maximum atomic E-state index is 13.5. The first-order chi connectivity index (χ1) is 10.1. The summed E-state index contributed by atoms with van der Waals surface area (Å²) >= 11 is 0. The zero-order valence-corrected chi connectivity index (χ0v) is 13.4. The summed E-state index contributed by atoms with van der Waals surface area (Å²) in [6, 6.07) is 4.34. The molecule has 5 nitrogen and oxygen atoms in total. The summed E-state index contributed by atoms with van der Waals surface area (Å²) in [7, 11) is 0. The van der Waals surface area contributed by atoms with Crippen LogP contribution in [0.4, 0.5) is 9.18 Å². The molecule has 0 aliphatic carbocycles. The number of rotatable bonds is 5. The van der Waals surface area contributed by atoms with E-state index in [4.69, 9.17) is 4.74 Å². The molecule has 2 atom stereocenters. The minimum Gasteiger partial charge on any atom is -0.444 e. The minimum absolute atomic E-state index is 0.121. The molecule has 0 fully saturated rings. The van der Waals surface area contributed by atoms with E-state index in [1.54, 1.807) is 33.8 Å². The van der Waals surface area contributed by atoms with E-state index in [0.717, 1.165) is 0 Å². The lowest BCUT2D eigenvalue weighted by molar-refractivity contribution is 0.0118. The number of aliphatic hydroxyl groups excluding tert-OH is 2. The van der Waals surface area contributed by atoms with Crippen molar-refractivity contribution in [3.63, 3.8) is 0 Å². The summed E-state index contributed by atoms with van der Waals surface area (Å²) in [6.45, 7) is 6.93. The van der Waals surface area contributed by atoms with Crippen molar-refractivity contribution in [2.75, 3.05) is 6.54 Å². The van der Waals surface area contributed by atoms with Crippen LogP contribution >= 0.6 is 0 Å². The van der Waals surface area contributed by atoms with Crippen molar-refractivity contribution in [2.45, 2.75) is 51.9 Å². The van der Waals surface area contributed by atoms with E-state index in [2.05, 4.69) is 5.32 Å². The Morgan fingerprint density at radius 3 is 2.59 bits per heavy atom. The molecule has 1 amide bonds. The van der Waals surface area contributed by atoms with Crippen LogP contribution in [0.25, 0.3) is 0 Å². The molecule has 22 heavy (non-hydrogen) atoms. The van der Waals surface area contributed by atoms with Gasteiger partial charge in [0.25, 0.3) is 0 Å². The fraction of sp³-hybridized carbons (Fsp3) is 0.562. The van der Waals surface area contributed by atoms with E-state index >= 15 is 0 Å². The van der Waals surface area contributed by atoms with Crippen LogP contribution < -0.4 is 5.32 Å². The number of aliphatic hydroxyl groups is 2. The van der Waals surface area contributed by atoms with E-state index in [-0.39, 0.29) is 13.0 Å². The third-order valence-corrected chi connectivity index (χ3v) is 3.10. The first-order valence-corrected chi connectivity index (χ1v) is 7.20. The molecule has 0 saturated heterocycles. The van der Waals surface area contributed by atoms with Gasteiger partial charge in [0.1, 0.15) is 17.5 Å². The highest BCUT2D eigenvalue weighted by Gasteiger charge is 2.22. The fourth-order valence-electron chi connectivity index (χ4n) is 1.95. The zero-order valence-electron chi connectivity index (χ0n) is 13.4. The van der Waals surface area contributed by atoms with Crippen molar-refractivity contribution in [1.29, 1.82) is 0 Å². The third kappa shape index (κ3) is 5.61. The molecule has 2 unspecified atom stereocenters. The number of nitrogens with one attached hydrogen (secondary N) is 1. The van der Waals surface area contributed by atoms with Crippen LogP contribution in [0, 0.1) is 12.7 Å². The summed E-state index contributed by atoms with van der Waals surface area (Å²) in [5.74, 6) is -0.435. The summed E-state index contributed by atoms with van der Waals surface area (Å²) in [4.78, 5) is 11.5. The van der Waals surface area contributed by atoms with Gasteiger partial charge in [-0.15, -0.1) is 0 Å². The maximum absolute atomic E-state index is 13.5. The number of amides is 1. The Bertz CT molecular complexity index is 513. The second kappa shape index (κ2) is 7.56. The molecule has 1 aromatic carbocycles. The Balaban J connectivity index is 2.50. The number of benzene rings is 1. The smallest absolute Gasteiger partial charge is 0.407 e. The number of carbonyl (C=O) groups is 1. The molecule has 3 N–H and O–H groups in total. The average molecular weight is 313 g/mol. The van der Waals surface area contributed by atoms with Gasteiger partial charge in [-0.05, 0) is 51.3 Å². The van der Waals surface area contributed by atoms with Gasteiger partial charge >= 0.3 is 6.09 Å². The molecular weight excluding hydrogens is 289 g/mol. The molecule has 0 aromatic heterocycles. The molecule has 1 aromatic rings. The molecule has 0 saturated carbocycles. The standard InChI is InChI=1S/C16H24FNO4/c1-10-11(6-5-7-12(10)17)14(20)13(19)8-9-18-15(21)22-16(2,3)4/h5-7,13-14,19-20H,8-9H2,1-4H3,(H,18,21). The van der Waals surface area contributed by atoms with Crippen molar-refractivity contribution >= 4 is 6.09 Å². The van der Waals surface area contributed by atoms with Crippen molar-refractivity contribution in [1.82, 2.24) is 5.32 Å². The van der Waals surface area contributed by atoms with Crippen LogP contribution in [0.15, 0.2) is 18.2 Å². The Kier molecular flexibility index (Phi) is 6.32. The molecule has 0 aliphatic rings. The highest BCUT2D eigenvalue weighted by molar-refractivity contribution is 5.67. The lowest BCUT2D eigenvalue weighted by Gasteiger charge is -2.22. The van der Waals surface area contributed by atoms with E-state index in [9.17, 15) is 19.4 Å². The number of carbonyl (C=O) groups excluding carboxylic acids is 1. The van der Waals surface area contributed by atoms with Crippen LogP contribution in [-0.4, -0.2) is 34.6 Å². The highest BCUT2D eigenvalue weighted by atomic mass is 19.1. The second-order valence-electron chi connectivity index (χ2n) is 6.18. The van der Waals surface area contributed by atoms with Crippen LogP contribution in [0.3, 0.4) is 0 Å². The predicted octanol–water partition coefficient (Wildman–Crippen LogP) is 2.44. The number of alkyl carbamates (subject to hydrolysis) is 1. The highest BCUT2D eigenvalue weighted by Crippen LogP contribution is 2.23. The lowest BCUT2D eigenvalue weighted by atomic mass is 9.97. The topological polar surface area (TPSA) is 78.8 Å². The monoisotopic (exact) mass is 313 g/mol. The van der Waals surface area contributed by atoms with Crippen molar-refractivity contribution in [3.8, 4) is 0 Å².